The molecule has 1 saturated carbocycles. The lowest BCUT2D eigenvalue weighted by molar-refractivity contribution is -0.115. The Bertz CT molecular complexity index is 864. The quantitative estimate of drug-likeness (QED) is 0.211. The highest BCUT2D eigenvalue weighted by molar-refractivity contribution is 8.18. The zero-order valence-electron chi connectivity index (χ0n) is 18.8. The Morgan fingerprint density at radius 3 is 2.59 bits per heavy atom. The lowest BCUT2D eigenvalue weighted by Crippen LogP contribution is -2.35. The van der Waals surface area contributed by atoms with Crippen LogP contribution in [-0.4, -0.2) is 49.2 Å². The van der Waals surface area contributed by atoms with Crippen LogP contribution in [-0.2, 0) is 4.79 Å². The number of hydrogen-bond donors (Lipinski definition) is 3. The van der Waals surface area contributed by atoms with Crippen LogP contribution in [0.5, 0.6) is 0 Å². The van der Waals surface area contributed by atoms with E-state index < -0.39 is 5.91 Å². The average molecular weight is 457 g/mol. The zero-order chi connectivity index (χ0) is 23.3. The van der Waals surface area contributed by atoms with Crippen molar-refractivity contribution in [3.05, 3.63) is 46.7 Å². The third-order valence-corrected chi connectivity index (χ3v) is 5.98. The van der Waals surface area contributed by atoms with Gasteiger partial charge in [0, 0.05) is 17.9 Å². The number of nitrogens with zero attached hydrogens (tertiary/aromatic N) is 3. The average Bonchev–Trinajstić information content (AvgIpc) is 3.10. The van der Waals surface area contributed by atoms with E-state index >= 15 is 0 Å². The Balaban J connectivity index is 1.81. The SMILES string of the molecule is C=N/C=C\C=C(/C)CCNC1CCC(N=C(N=C)NC(=C\C)/C=C2\SC(=O)NC2=O)CC1. The zero-order valence-corrected chi connectivity index (χ0v) is 19.6. The van der Waals surface area contributed by atoms with E-state index in [1.807, 2.05) is 13.0 Å². The first-order valence-corrected chi connectivity index (χ1v) is 11.5. The normalized spacial score (nSPS) is 24.2. The molecule has 172 valence electrons. The van der Waals surface area contributed by atoms with E-state index in [4.69, 9.17) is 4.99 Å². The van der Waals surface area contributed by atoms with Gasteiger partial charge in [0.25, 0.3) is 11.1 Å². The monoisotopic (exact) mass is 456 g/mol. The van der Waals surface area contributed by atoms with Crippen LogP contribution in [0.1, 0.15) is 46.0 Å². The summed E-state index contributed by atoms with van der Waals surface area (Å²) >= 11 is 0.875. The van der Waals surface area contributed by atoms with Crippen LogP contribution in [0.3, 0.4) is 0 Å². The van der Waals surface area contributed by atoms with Crippen molar-refractivity contribution in [3.8, 4) is 0 Å². The largest absolute Gasteiger partial charge is 0.325 e. The Hall–Kier alpha value is -2.78. The molecule has 0 spiro atoms. The number of amides is 2. The number of imide groups is 1. The fraction of sp³-hybridized carbons (Fsp3) is 0.435. The van der Waals surface area contributed by atoms with Gasteiger partial charge in [-0.1, -0.05) is 17.7 Å². The molecule has 0 bridgehead atoms. The first kappa shape index (κ1) is 25.5. The van der Waals surface area contributed by atoms with Gasteiger partial charge in [-0.15, -0.1) is 0 Å². The Morgan fingerprint density at radius 2 is 2.00 bits per heavy atom. The molecule has 9 heteroatoms. The molecule has 2 rings (SSSR count). The van der Waals surface area contributed by atoms with Crippen molar-refractivity contribution < 1.29 is 9.59 Å². The molecule has 1 aliphatic heterocycles. The van der Waals surface area contributed by atoms with Crippen LogP contribution < -0.4 is 16.0 Å². The van der Waals surface area contributed by atoms with Gasteiger partial charge in [0.2, 0.25) is 5.96 Å². The van der Waals surface area contributed by atoms with E-state index in [9.17, 15) is 9.59 Å². The maximum Gasteiger partial charge on any atom is 0.290 e. The molecule has 0 aromatic rings. The number of rotatable bonds is 9. The second-order valence-corrected chi connectivity index (χ2v) is 8.59. The lowest BCUT2D eigenvalue weighted by atomic mass is 9.91. The van der Waals surface area contributed by atoms with Gasteiger partial charge in [0.1, 0.15) is 0 Å². The second-order valence-electron chi connectivity index (χ2n) is 7.58. The summed E-state index contributed by atoms with van der Waals surface area (Å²) in [5, 5.41) is 8.61. The molecule has 0 radical (unpaired) electrons. The van der Waals surface area contributed by atoms with Crippen molar-refractivity contribution in [1.29, 1.82) is 0 Å². The van der Waals surface area contributed by atoms with Crippen LogP contribution >= 0.6 is 11.8 Å². The molecule has 2 aliphatic rings. The van der Waals surface area contributed by atoms with Gasteiger partial charge in [0.15, 0.2) is 0 Å². The number of aliphatic imine (C=N–C) groups is 3. The van der Waals surface area contributed by atoms with Gasteiger partial charge < -0.3 is 10.6 Å². The number of nitrogens with one attached hydrogen (secondary N) is 3. The molecule has 1 aliphatic carbocycles. The number of hydrogen-bond acceptors (Lipinski definition) is 6. The smallest absolute Gasteiger partial charge is 0.290 e. The number of guanidine groups is 1. The standard InChI is InChI=1S/C23H32N6O2S/c1-5-17(15-20-21(30)29-23(31)32-20)27-22(25-4)28-19-10-8-18(9-11-19)26-14-12-16(2)7-6-13-24-3/h5-7,13,15,18-19,26H,3-4,8-12,14H2,1-2H3,(H,27,28)(H,29,30,31)/b13-6-,16-7+,17-5-,20-15-. The maximum atomic E-state index is 11.8. The molecular weight excluding hydrogens is 424 g/mol. The van der Waals surface area contributed by atoms with Crippen LogP contribution in [0.4, 0.5) is 4.79 Å². The Kier molecular flexibility index (Phi) is 10.8. The maximum absolute atomic E-state index is 11.8. The summed E-state index contributed by atoms with van der Waals surface area (Å²) in [7, 11) is 0. The van der Waals surface area contributed by atoms with E-state index in [1.165, 1.54) is 5.57 Å². The van der Waals surface area contributed by atoms with Crippen LogP contribution in [0.2, 0.25) is 0 Å². The van der Waals surface area contributed by atoms with Gasteiger partial charge in [0.05, 0.1) is 10.9 Å². The molecule has 0 unspecified atom stereocenters. The summed E-state index contributed by atoms with van der Waals surface area (Å²) in [6.07, 6.45) is 14.1. The Labute approximate surface area is 194 Å². The number of thioether (sulfide) groups is 1. The number of allylic oxidation sites excluding steroid dienone is 4. The molecule has 2 amide bonds. The van der Waals surface area contributed by atoms with E-state index in [1.54, 1.807) is 18.4 Å². The highest BCUT2D eigenvalue weighted by Gasteiger charge is 2.25. The predicted octanol–water partition coefficient (Wildman–Crippen LogP) is 3.85. The van der Waals surface area contributed by atoms with Crippen molar-refractivity contribution in [2.24, 2.45) is 15.0 Å². The van der Waals surface area contributed by atoms with Crippen LogP contribution in [0.15, 0.2) is 61.7 Å². The molecule has 2 fully saturated rings. The van der Waals surface area contributed by atoms with Gasteiger partial charge in [-0.05, 0) is 89.8 Å². The van der Waals surface area contributed by atoms with Crippen molar-refractivity contribution in [3.63, 3.8) is 0 Å². The van der Waals surface area contributed by atoms with Gasteiger partial charge in [-0.25, -0.2) is 9.98 Å². The highest BCUT2D eigenvalue weighted by Crippen LogP contribution is 2.24. The first-order chi connectivity index (χ1) is 15.4. The number of carbonyl (C=O) groups excluding carboxylic acids is 2. The van der Waals surface area contributed by atoms with E-state index in [0.717, 1.165) is 50.4 Å². The van der Waals surface area contributed by atoms with Crippen molar-refractivity contribution >= 4 is 42.3 Å². The van der Waals surface area contributed by atoms with Crippen LogP contribution in [0, 0.1) is 0 Å². The summed E-state index contributed by atoms with van der Waals surface area (Å²) in [6.45, 7) is 11.9. The minimum Gasteiger partial charge on any atom is -0.325 e. The van der Waals surface area contributed by atoms with Gasteiger partial charge in [-0.2, -0.15) is 0 Å². The van der Waals surface area contributed by atoms with Gasteiger partial charge >= 0.3 is 0 Å². The van der Waals surface area contributed by atoms with E-state index in [0.29, 0.717) is 22.6 Å². The highest BCUT2D eigenvalue weighted by atomic mass is 32.2. The molecule has 0 aromatic carbocycles. The summed E-state index contributed by atoms with van der Waals surface area (Å²) in [6, 6.07) is 0.676. The molecule has 3 N–H and O–H groups in total. The van der Waals surface area contributed by atoms with E-state index in [-0.39, 0.29) is 11.3 Å². The summed E-state index contributed by atoms with van der Waals surface area (Å²) < 4.78 is 0. The molecular formula is C23H32N6O2S. The topological polar surface area (TPSA) is 107 Å². The molecule has 32 heavy (non-hydrogen) atoms. The first-order valence-electron chi connectivity index (χ1n) is 10.7. The number of carbonyl (C=O) groups is 2. The second kappa shape index (κ2) is 13.6. The van der Waals surface area contributed by atoms with Crippen molar-refractivity contribution in [2.75, 3.05) is 6.54 Å². The Morgan fingerprint density at radius 1 is 1.25 bits per heavy atom. The molecule has 0 atom stereocenters. The molecule has 1 heterocycles. The van der Waals surface area contributed by atoms with Gasteiger partial charge in [-0.3, -0.25) is 19.9 Å². The minimum atomic E-state index is -0.395. The summed E-state index contributed by atoms with van der Waals surface area (Å²) in [5.74, 6) is 0.0249. The molecule has 1 saturated heterocycles. The van der Waals surface area contributed by atoms with Crippen LogP contribution in [0.25, 0.3) is 0 Å². The third kappa shape index (κ3) is 8.76. The fourth-order valence-electron chi connectivity index (χ4n) is 3.40. The van der Waals surface area contributed by atoms with Crippen molar-refractivity contribution in [1.82, 2.24) is 16.0 Å². The summed E-state index contributed by atoms with van der Waals surface area (Å²) in [5.41, 5.74) is 1.94. The molecule has 0 aromatic heterocycles. The molecule has 8 nitrogen and oxygen atoms in total. The lowest BCUT2D eigenvalue weighted by Gasteiger charge is -2.27. The summed E-state index contributed by atoms with van der Waals surface area (Å²) in [4.78, 5) is 35.8. The predicted molar refractivity (Wildman–Crippen MR) is 134 cm³/mol. The fourth-order valence-corrected chi connectivity index (χ4v) is 4.08. The minimum absolute atomic E-state index is 0.177. The van der Waals surface area contributed by atoms with E-state index in [2.05, 4.69) is 52.4 Å². The van der Waals surface area contributed by atoms with Crippen molar-refractivity contribution in [2.45, 2.75) is 58.0 Å². The third-order valence-electron chi connectivity index (χ3n) is 5.17.